The lowest BCUT2D eigenvalue weighted by molar-refractivity contribution is 0.367. The van der Waals surface area contributed by atoms with E-state index in [1.165, 1.54) is 36.8 Å². The number of aryl methyl sites for hydroxylation is 2. The van der Waals surface area contributed by atoms with Crippen molar-refractivity contribution in [2.75, 3.05) is 6.54 Å². The molecule has 1 N–H and O–H groups in total. The molecular formula is C15H22N4O. The number of fused-ring (bicyclic) bond motifs is 1. The fraction of sp³-hybridized carbons (Fsp3) is 0.600. The molecule has 1 aliphatic carbocycles. The highest BCUT2D eigenvalue weighted by Gasteiger charge is 2.20. The van der Waals surface area contributed by atoms with Gasteiger partial charge < -0.3 is 14.4 Å². The van der Waals surface area contributed by atoms with E-state index in [2.05, 4.69) is 39.3 Å². The van der Waals surface area contributed by atoms with Gasteiger partial charge in [-0.15, -0.1) is 0 Å². The van der Waals surface area contributed by atoms with Crippen molar-refractivity contribution < 1.29 is 4.52 Å². The summed E-state index contributed by atoms with van der Waals surface area (Å²) in [7, 11) is 0. The quantitative estimate of drug-likeness (QED) is 0.871. The molecule has 0 saturated carbocycles. The molecule has 1 atom stereocenters. The maximum Gasteiger partial charge on any atom is 0.246 e. The van der Waals surface area contributed by atoms with E-state index in [9.17, 15) is 0 Å². The molecule has 3 rings (SSSR count). The third-order valence-corrected chi connectivity index (χ3v) is 3.90. The smallest absolute Gasteiger partial charge is 0.246 e. The first-order chi connectivity index (χ1) is 9.76. The summed E-state index contributed by atoms with van der Waals surface area (Å²) in [6.07, 6.45) is 9.46. The van der Waals surface area contributed by atoms with E-state index in [4.69, 9.17) is 4.52 Å². The Morgan fingerprint density at radius 2 is 2.30 bits per heavy atom. The molecule has 0 radical (unpaired) electrons. The summed E-state index contributed by atoms with van der Waals surface area (Å²) in [5.74, 6) is 1.37. The Kier molecular flexibility index (Phi) is 3.87. The topological polar surface area (TPSA) is 55.9 Å². The summed E-state index contributed by atoms with van der Waals surface area (Å²) >= 11 is 0. The van der Waals surface area contributed by atoms with Crippen LogP contribution in [0, 0.1) is 6.92 Å². The van der Waals surface area contributed by atoms with Crippen LogP contribution < -0.4 is 5.32 Å². The zero-order valence-electron chi connectivity index (χ0n) is 12.2. The van der Waals surface area contributed by atoms with E-state index in [1.54, 1.807) is 0 Å². The molecule has 0 aliphatic heterocycles. The second-order valence-corrected chi connectivity index (χ2v) is 5.50. The van der Waals surface area contributed by atoms with Gasteiger partial charge in [-0.05, 0) is 43.9 Å². The van der Waals surface area contributed by atoms with E-state index in [0.29, 0.717) is 24.3 Å². The lowest BCUT2D eigenvalue weighted by Crippen LogP contribution is -2.20. The number of nitrogens with zero attached hydrogens (tertiary/aromatic N) is 3. The van der Waals surface area contributed by atoms with Crippen LogP contribution in [0.1, 0.15) is 55.1 Å². The number of nitrogens with one attached hydrogen (secondary N) is 1. The third kappa shape index (κ3) is 2.77. The normalized spacial score (nSPS) is 18.8. The van der Waals surface area contributed by atoms with Gasteiger partial charge in [-0.1, -0.05) is 18.5 Å². The van der Waals surface area contributed by atoms with Crippen LogP contribution in [0.25, 0.3) is 0 Å². The maximum atomic E-state index is 5.20. The van der Waals surface area contributed by atoms with Gasteiger partial charge in [0.05, 0.1) is 0 Å². The molecule has 2 heterocycles. The average molecular weight is 274 g/mol. The van der Waals surface area contributed by atoms with Crippen LogP contribution in [0.2, 0.25) is 0 Å². The first-order valence-corrected chi connectivity index (χ1v) is 7.47. The van der Waals surface area contributed by atoms with Gasteiger partial charge in [-0.2, -0.15) is 4.98 Å². The van der Waals surface area contributed by atoms with Gasteiger partial charge in [0.1, 0.15) is 6.54 Å². The fourth-order valence-electron chi connectivity index (χ4n) is 3.03. The van der Waals surface area contributed by atoms with Crippen LogP contribution in [0.5, 0.6) is 0 Å². The first kappa shape index (κ1) is 13.4. The van der Waals surface area contributed by atoms with Crippen molar-refractivity contribution in [1.29, 1.82) is 0 Å². The maximum absolute atomic E-state index is 5.20. The molecule has 5 nitrogen and oxygen atoms in total. The molecule has 0 spiro atoms. The third-order valence-electron chi connectivity index (χ3n) is 3.90. The summed E-state index contributed by atoms with van der Waals surface area (Å²) in [4.78, 5) is 4.27. The van der Waals surface area contributed by atoms with Gasteiger partial charge in [0.2, 0.25) is 5.89 Å². The SMILES string of the molecule is CCNC1CCCCc2cn(Cc3nc(C)no3)cc21. The van der Waals surface area contributed by atoms with E-state index in [1.807, 2.05) is 6.92 Å². The highest BCUT2D eigenvalue weighted by molar-refractivity contribution is 5.29. The predicted molar refractivity (Wildman–Crippen MR) is 76.5 cm³/mol. The van der Waals surface area contributed by atoms with Gasteiger partial charge in [-0.25, -0.2) is 0 Å². The van der Waals surface area contributed by atoms with Crippen molar-refractivity contribution in [2.24, 2.45) is 0 Å². The van der Waals surface area contributed by atoms with Gasteiger partial charge in [0, 0.05) is 18.4 Å². The van der Waals surface area contributed by atoms with Crippen LogP contribution in [-0.2, 0) is 13.0 Å². The summed E-state index contributed by atoms with van der Waals surface area (Å²) < 4.78 is 7.38. The van der Waals surface area contributed by atoms with Gasteiger partial charge in [0.15, 0.2) is 5.82 Å². The van der Waals surface area contributed by atoms with Crippen molar-refractivity contribution in [3.63, 3.8) is 0 Å². The molecule has 1 aliphatic rings. The molecule has 2 aromatic rings. The Morgan fingerprint density at radius 3 is 3.05 bits per heavy atom. The highest BCUT2D eigenvalue weighted by Crippen LogP contribution is 2.29. The number of hydrogen-bond donors (Lipinski definition) is 1. The number of rotatable bonds is 4. The Hall–Kier alpha value is -1.62. The number of aromatic nitrogens is 3. The average Bonchev–Trinajstić information content (AvgIpc) is 2.96. The van der Waals surface area contributed by atoms with Crippen molar-refractivity contribution in [2.45, 2.75) is 52.1 Å². The molecule has 0 saturated heterocycles. The van der Waals surface area contributed by atoms with E-state index < -0.39 is 0 Å². The predicted octanol–water partition coefficient (Wildman–Crippen LogP) is 2.60. The van der Waals surface area contributed by atoms with E-state index in [-0.39, 0.29) is 0 Å². The summed E-state index contributed by atoms with van der Waals surface area (Å²) in [5.41, 5.74) is 2.91. The summed E-state index contributed by atoms with van der Waals surface area (Å²) in [5, 5.41) is 7.44. The highest BCUT2D eigenvalue weighted by atomic mass is 16.5. The van der Waals surface area contributed by atoms with Gasteiger partial charge in [0.25, 0.3) is 0 Å². The molecule has 20 heavy (non-hydrogen) atoms. The Bertz CT molecular complexity index is 572. The van der Waals surface area contributed by atoms with Crippen LogP contribution >= 0.6 is 0 Å². The molecule has 0 fully saturated rings. The minimum Gasteiger partial charge on any atom is -0.344 e. The molecule has 0 amide bonds. The van der Waals surface area contributed by atoms with Crippen molar-refractivity contribution >= 4 is 0 Å². The summed E-state index contributed by atoms with van der Waals surface area (Å²) in [6, 6.07) is 0.489. The minimum atomic E-state index is 0.489. The second kappa shape index (κ2) is 5.79. The zero-order chi connectivity index (χ0) is 13.9. The van der Waals surface area contributed by atoms with Crippen LogP contribution in [0.4, 0.5) is 0 Å². The molecule has 2 aromatic heterocycles. The number of hydrogen-bond acceptors (Lipinski definition) is 4. The van der Waals surface area contributed by atoms with Crippen molar-refractivity contribution in [3.8, 4) is 0 Å². The first-order valence-electron chi connectivity index (χ1n) is 7.47. The van der Waals surface area contributed by atoms with Crippen LogP contribution in [-0.4, -0.2) is 21.3 Å². The lowest BCUT2D eigenvalue weighted by Gasteiger charge is -2.15. The molecule has 0 aromatic carbocycles. The van der Waals surface area contributed by atoms with Crippen molar-refractivity contribution in [3.05, 3.63) is 35.2 Å². The summed E-state index contributed by atoms with van der Waals surface area (Å²) in [6.45, 7) is 5.69. The molecule has 5 heteroatoms. The minimum absolute atomic E-state index is 0.489. The second-order valence-electron chi connectivity index (χ2n) is 5.50. The fourth-order valence-corrected chi connectivity index (χ4v) is 3.03. The van der Waals surface area contributed by atoms with E-state index >= 15 is 0 Å². The molecule has 1 unspecified atom stereocenters. The monoisotopic (exact) mass is 274 g/mol. The Balaban J connectivity index is 1.82. The van der Waals surface area contributed by atoms with Gasteiger partial charge in [-0.3, -0.25) is 0 Å². The van der Waals surface area contributed by atoms with Crippen LogP contribution in [0.15, 0.2) is 16.9 Å². The molecule has 108 valence electrons. The Labute approximate surface area is 119 Å². The zero-order valence-corrected chi connectivity index (χ0v) is 12.2. The molecule has 0 bridgehead atoms. The van der Waals surface area contributed by atoms with Crippen LogP contribution in [0.3, 0.4) is 0 Å². The largest absolute Gasteiger partial charge is 0.344 e. The van der Waals surface area contributed by atoms with Crippen molar-refractivity contribution in [1.82, 2.24) is 20.0 Å². The Morgan fingerprint density at radius 1 is 1.40 bits per heavy atom. The van der Waals surface area contributed by atoms with E-state index in [0.717, 1.165) is 6.54 Å². The van der Waals surface area contributed by atoms with Gasteiger partial charge >= 0.3 is 0 Å². The molecular weight excluding hydrogens is 252 g/mol. The lowest BCUT2D eigenvalue weighted by atomic mass is 10.0. The standard InChI is InChI=1S/C15H22N4O/c1-3-16-14-7-5-4-6-12-8-19(9-13(12)14)10-15-17-11(2)18-20-15/h8-9,14,16H,3-7,10H2,1-2H3.